The van der Waals surface area contributed by atoms with E-state index in [4.69, 9.17) is 0 Å². The summed E-state index contributed by atoms with van der Waals surface area (Å²) >= 11 is 1.85. The van der Waals surface area contributed by atoms with Crippen LogP contribution >= 0.6 is 11.8 Å². The van der Waals surface area contributed by atoms with Crippen LogP contribution in [0.3, 0.4) is 0 Å². The van der Waals surface area contributed by atoms with Gasteiger partial charge in [0.05, 0.1) is 6.54 Å². The third-order valence-electron chi connectivity index (χ3n) is 3.99. The summed E-state index contributed by atoms with van der Waals surface area (Å²) in [6.07, 6.45) is 6.91. The van der Waals surface area contributed by atoms with Gasteiger partial charge in [-0.15, -0.1) is 0 Å². The fourth-order valence-corrected chi connectivity index (χ4v) is 3.72. The summed E-state index contributed by atoms with van der Waals surface area (Å²) in [5, 5.41) is 2.63. The van der Waals surface area contributed by atoms with E-state index in [2.05, 4.69) is 11.6 Å². The molecule has 0 aromatic rings. The summed E-state index contributed by atoms with van der Waals surface area (Å²) in [6, 6.07) is -0.319. The molecule has 1 aliphatic carbocycles. The molecule has 2 amide bonds. The molecule has 0 radical (unpaired) electrons. The van der Waals surface area contributed by atoms with E-state index < -0.39 is 0 Å². The van der Waals surface area contributed by atoms with Crippen molar-refractivity contribution < 1.29 is 9.59 Å². The molecule has 17 heavy (non-hydrogen) atoms. The van der Waals surface area contributed by atoms with Gasteiger partial charge in [-0.05, 0) is 26.0 Å². The number of nitrogens with zero attached hydrogens (tertiary/aromatic N) is 1. The van der Waals surface area contributed by atoms with E-state index in [-0.39, 0.29) is 29.1 Å². The number of nitrogens with one attached hydrogen (secondary N) is 1. The maximum Gasteiger partial charge on any atom is 0.242 e. The van der Waals surface area contributed by atoms with Crippen LogP contribution in [0.4, 0.5) is 0 Å². The van der Waals surface area contributed by atoms with Gasteiger partial charge in [0, 0.05) is 11.3 Å². The van der Waals surface area contributed by atoms with Crippen molar-refractivity contribution in [3.05, 3.63) is 0 Å². The van der Waals surface area contributed by atoms with Crippen molar-refractivity contribution in [1.82, 2.24) is 10.2 Å². The van der Waals surface area contributed by atoms with E-state index in [9.17, 15) is 9.59 Å². The molecule has 1 saturated heterocycles. The lowest BCUT2D eigenvalue weighted by atomic mass is 10.0. The maximum atomic E-state index is 11.9. The Morgan fingerprint density at radius 3 is 2.65 bits per heavy atom. The molecule has 1 unspecified atom stereocenters. The van der Waals surface area contributed by atoms with Crippen LogP contribution in [0.25, 0.3) is 0 Å². The Morgan fingerprint density at radius 1 is 1.41 bits per heavy atom. The molecule has 2 rings (SSSR count). The molecule has 0 aromatic carbocycles. The fraction of sp³-hybridized carbons (Fsp3) is 0.833. The molecule has 1 saturated carbocycles. The topological polar surface area (TPSA) is 49.4 Å². The minimum absolute atomic E-state index is 0.0288. The van der Waals surface area contributed by atoms with Crippen LogP contribution in [-0.4, -0.2) is 46.8 Å². The number of piperazine rings is 1. The van der Waals surface area contributed by atoms with Crippen molar-refractivity contribution in [1.29, 1.82) is 0 Å². The van der Waals surface area contributed by atoms with E-state index >= 15 is 0 Å². The first-order valence-corrected chi connectivity index (χ1v) is 7.43. The van der Waals surface area contributed by atoms with Crippen molar-refractivity contribution in [3.8, 4) is 0 Å². The van der Waals surface area contributed by atoms with Gasteiger partial charge in [-0.2, -0.15) is 11.8 Å². The van der Waals surface area contributed by atoms with E-state index in [1.54, 1.807) is 4.90 Å². The molecule has 2 aliphatic rings. The molecule has 2 fully saturated rings. The van der Waals surface area contributed by atoms with E-state index in [1.807, 2.05) is 18.7 Å². The highest BCUT2D eigenvalue weighted by Crippen LogP contribution is 2.41. The van der Waals surface area contributed by atoms with Gasteiger partial charge < -0.3 is 10.2 Å². The zero-order valence-corrected chi connectivity index (χ0v) is 11.3. The highest BCUT2D eigenvalue weighted by molar-refractivity contribution is 8.00. The molecule has 0 spiro atoms. The maximum absolute atomic E-state index is 11.9. The van der Waals surface area contributed by atoms with Crippen molar-refractivity contribution >= 4 is 23.6 Å². The second-order valence-corrected chi connectivity index (χ2v) is 6.28. The quantitative estimate of drug-likeness (QED) is 0.820. The molecular formula is C12H20N2O2S. The second kappa shape index (κ2) is 4.88. The van der Waals surface area contributed by atoms with E-state index in [1.165, 1.54) is 12.8 Å². The van der Waals surface area contributed by atoms with Crippen LogP contribution in [0.2, 0.25) is 0 Å². The molecule has 1 aliphatic heterocycles. The zero-order valence-electron chi connectivity index (χ0n) is 10.5. The molecule has 0 bridgehead atoms. The monoisotopic (exact) mass is 256 g/mol. The van der Waals surface area contributed by atoms with Gasteiger partial charge in [-0.3, -0.25) is 9.59 Å². The molecule has 1 N–H and O–H groups in total. The molecule has 96 valence electrons. The van der Waals surface area contributed by atoms with Gasteiger partial charge in [0.15, 0.2) is 0 Å². The van der Waals surface area contributed by atoms with Crippen molar-refractivity contribution in [2.24, 2.45) is 0 Å². The number of hydrogen-bond acceptors (Lipinski definition) is 3. The predicted octanol–water partition coefficient (Wildman–Crippen LogP) is 1.01. The standard InChI is InChI=1S/C12H20N2O2S/c1-9-11(16)13-7-10(15)14(9)8-12(17-2)5-3-4-6-12/h9H,3-8H2,1-2H3,(H,13,16). The molecule has 4 nitrogen and oxygen atoms in total. The molecule has 1 atom stereocenters. The highest BCUT2D eigenvalue weighted by Gasteiger charge is 2.40. The number of carbonyl (C=O) groups excluding carboxylic acids is 2. The van der Waals surface area contributed by atoms with Crippen LogP contribution < -0.4 is 5.32 Å². The normalized spacial score (nSPS) is 28.4. The average molecular weight is 256 g/mol. The Bertz CT molecular complexity index is 326. The van der Waals surface area contributed by atoms with Crippen LogP contribution in [0.15, 0.2) is 0 Å². The Hall–Kier alpha value is -0.710. The number of amides is 2. The van der Waals surface area contributed by atoms with Gasteiger partial charge in [-0.25, -0.2) is 0 Å². The molecule has 5 heteroatoms. The summed E-state index contributed by atoms with van der Waals surface area (Å²) in [7, 11) is 0. The number of hydrogen-bond donors (Lipinski definition) is 1. The van der Waals surface area contributed by atoms with Gasteiger partial charge >= 0.3 is 0 Å². The summed E-state index contributed by atoms with van der Waals surface area (Å²) in [5.74, 6) is 0.0243. The Labute approximate surface area is 106 Å². The lowest BCUT2D eigenvalue weighted by molar-refractivity contribution is -0.145. The smallest absolute Gasteiger partial charge is 0.242 e. The number of rotatable bonds is 3. The minimum Gasteiger partial charge on any atom is -0.345 e. The van der Waals surface area contributed by atoms with Crippen molar-refractivity contribution in [2.45, 2.75) is 43.4 Å². The first-order valence-electron chi connectivity index (χ1n) is 6.20. The van der Waals surface area contributed by atoms with Crippen LogP contribution in [-0.2, 0) is 9.59 Å². The van der Waals surface area contributed by atoms with Crippen LogP contribution in [0, 0.1) is 0 Å². The zero-order chi connectivity index (χ0) is 12.5. The lowest BCUT2D eigenvalue weighted by Crippen LogP contribution is -2.59. The Morgan fingerprint density at radius 2 is 2.06 bits per heavy atom. The average Bonchev–Trinajstić information content (AvgIpc) is 2.79. The highest BCUT2D eigenvalue weighted by atomic mass is 32.2. The van der Waals surface area contributed by atoms with Gasteiger partial charge in [0.2, 0.25) is 11.8 Å². The predicted molar refractivity (Wildman–Crippen MR) is 68.9 cm³/mol. The molecular weight excluding hydrogens is 236 g/mol. The minimum atomic E-state index is -0.319. The largest absolute Gasteiger partial charge is 0.345 e. The van der Waals surface area contributed by atoms with Gasteiger partial charge in [0.1, 0.15) is 6.04 Å². The second-order valence-electron chi connectivity index (χ2n) is 5.01. The number of carbonyl (C=O) groups is 2. The Balaban J connectivity index is 2.09. The summed E-state index contributed by atoms with van der Waals surface area (Å²) in [4.78, 5) is 25.3. The van der Waals surface area contributed by atoms with Gasteiger partial charge in [0.25, 0.3) is 0 Å². The van der Waals surface area contributed by atoms with Crippen LogP contribution in [0.5, 0.6) is 0 Å². The molecule has 1 heterocycles. The first kappa shape index (κ1) is 12.7. The van der Waals surface area contributed by atoms with Crippen molar-refractivity contribution in [2.75, 3.05) is 19.3 Å². The van der Waals surface area contributed by atoms with E-state index in [0.29, 0.717) is 0 Å². The third-order valence-corrected chi connectivity index (χ3v) is 5.39. The Kier molecular flexibility index (Phi) is 3.66. The van der Waals surface area contributed by atoms with Crippen LogP contribution in [0.1, 0.15) is 32.6 Å². The number of thioether (sulfide) groups is 1. The SMILES string of the molecule is CSC1(CN2C(=O)CNC(=O)C2C)CCCC1. The summed E-state index contributed by atoms with van der Waals surface area (Å²) < 4.78 is 0.182. The third kappa shape index (κ3) is 2.44. The fourth-order valence-electron chi connectivity index (χ4n) is 2.75. The lowest BCUT2D eigenvalue weighted by Gasteiger charge is -2.39. The molecule has 0 aromatic heterocycles. The summed E-state index contributed by atoms with van der Waals surface area (Å²) in [5.41, 5.74) is 0. The van der Waals surface area contributed by atoms with E-state index in [0.717, 1.165) is 19.4 Å². The first-order chi connectivity index (χ1) is 8.08. The summed E-state index contributed by atoms with van der Waals surface area (Å²) in [6.45, 7) is 2.70. The van der Waals surface area contributed by atoms with Crippen molar-refractivity contribution in [3.63, 3.8) is 0 Å². The van der Waals surface area contributed by atoms with Gasteiger partial charge in [-0.1, -0.05) is 12.8 Å².